The molecule has 0 heterocycles. The van der Waals surface area contributed by atoms with Crippen molar-refractivity contribution in [3.63, 3.8) is 0 Å². The van der Waals surface area contributed by atoms with E-state index in [-0.39, 0.29) is 23.1 Å². The lowest BCUT2D eigenvalue weighted by Crippen LogP contribution is -1.61. The number of benzene rings is 1. The lowest BCUT2D eigenvalue weighted by atomic mass is 10.4. The van der Waals surface area contributed by atoms with Crippen LogP contribution in [0.3, 0.4) is 0 Å². The number of rotatable bonds is 0. The number of hydrogen-bond acceptors (Lipinski definition) is 0. The minimum atomic E-state index is 0. The van der Waals surface area contributed by atoms with Crippen molar-refractivity contribution in [1.29, 1.82) is 0 Å². The summed E-state index contributed by atoms with van der Waals surface area (Å²) in [6.45, 7) is 0. The van der Waals surface area contributed by atoms with Crippen LogP contribution in [0.4, 0.5) is 0 Å². The lowest BCUT2D eigenvalue weighted by molar-refractivity contribution is 1.60. The van der Waals surface area contributed by atoms with Crippen LogP contribution in [0.1, 0.15) is 0 Å². The molecule has 0 aliphatic heterocycles. The maximum atomic E-state index is 3.33. The zero-order valence-electron chi connectivity index (χ0n) is 4.07. The molecule has 0 nitrogen and oxygen atoms in total. The topological polar surface area (TPSA) is 0 Å². The third-order valence-electron chi connectivity index (χ3n) is 0.787. The summed E-state index contributed by atoms with van der Waals surface area (Å²) >= 11 is 6.66. The van der Waals surface area contributed by atoms with Crippen LogP contribution in [-0.4, -0.2) is 23.1 Å². The van der Waals surface area contributed by atoms with Crippen LogP contribution in [0.25, 0.3) is 0 Å². The minimum absolute atomic E-state index is 0. The van der Waals surface area contributed by atoms with Gasteiger partial charge in [-0.2, -0.15) is 0 Å². The van der Waals surface area contributed by atoms with Gasteiger partial charge in [-0.1, -0.05) is 37.9 Å². The molecule has 1 aromatic rings. The van der Waals surface area contributed by atoms with Crippen molar-refractivity contribution in [2.45, 2.75) is 0 Å². The van der Waals surface area contributed by atoms with Crippen molar-refractivity contribution in [3.8, 4) is 0 Å². The Morgan fingerprint density at radius 1 is 1.00 bits per heavy atom. The Kier molecular flexibility index (Phi) is 5.21. The molecular weight excluding hydrogens is 256 g/mol. The van der Waals surface area contributed by atoms with Gasteiger partial charge in [-0.05, 0) is 18.2 Å². The molecule has 0 aliphatic carbocycles. The first-order chi connectivity index (χ1) is 3.79. The smallest absolute Gasteiger partial charge is 0.0600 e. The molecule has 0 atom stereocenters. The summed E-state index contributed by atoms with van der Waals surface area (Å²) in [4.78, 5) is 0. The molecule has 0 fully saturated rings. The van der Waals surface area contributed by atoms with Gasteiger partial charge in [0.05, 0.1) is 0 Å². The highest BCUT2D eigenvalue weighted by atomic mass is 79.9. The average Bonchev–Trinajstić information content (AvgIpc) is 1.64. The van der Waals surface area contributed by atoms with Gasteiger partial charge in [-0.15, -0.1) is 0 Å². The van der Waals surface area contributed by atoms with E-state index in [1.807, 2.05) is 24.3 Å². The van der Waals surface area contributed by atoms with Crippen molar-refractivity contribution in [2.75, 3.05) is 0 Å². The SMILES string of the molecule is Brc1cccc(Br)c1.[MgH2]. The van der Waals surface area contributed by atoms with Gasteiger partial charge >= 0.3 is 23.1 Å². The molecule has 0 bridgehead atoms. The summed E-state index contributed by atoms with van der Waals surface area (Å²) < 4.78 is 2.21. The van der Waals surface area contributed by atoms with E-state index in [1.54, 1.807) is 0 Å². The Morgan fingerprint density at radius 3 is 1.67 bits per heavy atom. The number of hydrogen-bond donors (Lipinski definition) is 0. The lowest BCUT2D eigenvalue weighted by Gasteiger charge is -1.87. The average molecular weight is 262 g/mol. The minimum Gasteiger partial charge on any atom is -0.0600 e. The molecule has 0 radical (unpaired) electrons. The van der Waals surface area contributed by atoms with Crippen molar-refractivity contribution < 1.29 is 0 Å². The summed E-state index contributed by atoms with van der Waals surface area (Å²) in [5.74, 6) is 0. The van der Waals surface area contributed by atoms with Gasteiger partial charge in [-0.3, -0.25) is 0 Å². The second-order valence-electron chi connectivity index (χ2n) is 1.44. The Balaban J connectivity index is 0.000000640. The second-order valence-corrected chi connectivity index (χ2v) is 3.27. The van der Waals surface area contributed by atoms with E-state index in [4.69, 9.17) is 0 Å². The Labute approximate surface area is 87.4 Å². The molecule has 0 spiro atoms. The van der Waals surface area contributed by atoms with Crippen molar-refractivity contribution in [1.82, 2.24) is 0 Å². The van der Waals surface area contributed by atoms with Crippen molar-refractivity contribution in [2.24, 2.45) is 0 Å². The zero-order valence-corrected chi connectivity index (χ0v) is 7.24. The van der Waals surface area contributed by atoms with Gasteiger partial charge in [0.25, 0.3) is 0 Å². The van der Waals surface area contributed by atoms with E-state index in [0.29, 0.717) is 0 Å². The van der Waals surface area contributed by atoms with Crippen LogP contribution in [-0.2, 0) is 0 Å². The monoisotopic (exact) mass is 260 g/mol. The number of halogens is 2. The molecule has 0 unspecified atom stereocenters. The highest BCUT2D eigenvalue weighted by Crippen LogP contribution is 2.15. The normalized spacial score (nSPS) is 8.22. The Hall–Kier alpha value is 0.946. The second kappa shape index (κ2) is 4.71. The van der Waals surface area contributed by atoms with Crippen LogP contribution < -0.4 is 0 Å². The fraction of sp³-hybridized carbons (Fsp3) is 0. The first kappa shape index (κ1) is 9.95. The molecule has 0 saturated heterocycles. The maximum Gasteiger partial charge on any atom is 0.316 e. The Morgan fingerprint density at radius 2 is 1.44 bits per heavy atom. The molecule has 9 heavy (non-hydrogen) atoms. The van der Waals surface area contributed by atoms with E-state index >= 15 is 0 Å². The fourth-order valence-electron chi connectivity index (χ4n) is 0.460. The van der Waals surface area contributed by atoms with Gasteiger partial charge in [0.1, 0.15) is 0 Å². The molecule has 0 N–H and O–H groups in total. The van der Waals surface area contributed by atoms with E-state index in [2.05, 4.69) is 31.9 Å². The van der Waals surface area contributed by atoms with Crippen LogP contribution >= 0.6 is 31.9 Å². The molecule has 46 valence electrons. The zero-order chi connectivity index (χ0) is 5.98. The van der Waals surface area contributed by atoms with Crippen molar-refractivity contribution >= 4 is 54.9 Å². The van der Waals surface area contributed by atoms with E-state index in [0.717, 1.165) is 8.95 Å². The van der Waals surface area contributed by atoms with Crippen LogP contribution in [0, 0.1) is 0 Å². The third-order valence-corrected chi connectivity index (χ3v) is 1.77. The summed E-state index contributed by atoms with van der Waals surface area (Å²) in [5, 5.41) is 0. The summed E-state index contributed by atoms with van der Waals surface area (Å²) in [7, 11) is 0. The van der Waals surface area contributed by atoms with Gasteiger partial charge in [0, 0.05) is 8.95 Å². The van der Waals surface area contributed by atoms with Gasteiger partial charge < -0.3 is 0 Å². The first-order valence-corrected chi connectivity index (χ1v) is 3.79. The molecular formula is C6H6Br2Mg. The molecule has 0 aromatic heterocycles. The maximum absolute atomic E-state index is 3.33. The highest BCUT2D eigenvalue weighted by Gasteiger charge is 1.84. The molecule has 0 amide bonds. The van der Waals surface area contributed by atoms with Gasteiger partial charge in [-0.25, -0.2) is 0 Å². The standard InChI is InChI=1S/C6H4Br2.Mg.2H/c7-5-2-1-3-6(8)4-5;;;/h1-4H;;;. The van der Waals surface area contributed by atoms with Crippen LogP contribution in [0.5, 0.6) is 0 Å². The van der Waals surface area contributed by atoms with E-state index in [1.165, 1.54) is 0 Å². The predicted molar refractivity (Wildman–Crippen MR) is 50.4 cm³/mol. The highest BCUT2D eigenvalue weighted by molar-refractivity contribution is 9.11. The largest absolute Gasteiger partial charge is 0.316 e. The predicted octanol–water partition coefficient (Wildman–Crippen LogP) is 2.30. The van der Waals surface area contributed by atoms with Gasteiger partial charge in [0.15, 0.2) is 0 Å². The summed E-state index contributed by atoms with van der Waals surface area (Å²) in [6, 6.07) is 7.96. The first-order valence-electron chi connectivity index (χ1n) is 2.20. The molecule has 3 heteroatoms. The van der Waals surface area contributed by atoms with Crippen LogP contribution in [0.15, 0.2) is 33.2 Å². The summed E-state index contributed by atoms with van der Waals surface area (Å²) in [5.41, 5.74) is 0. The molecule has 1 aromatic carbocycles. The quantitative estimate of drug-likeness (QED) is 0.629. The Bertz CT molecular complexity index is 171. The van der Waals surface area contributed by atoms with Crippen LogP contribution in [0.2, 0.25) is 0 Å². The summed E-state index contributed by atoms with van der Waals surface area (Å²) in [6.07, 6.45) is 0. The van der Waals surface area contributed by atoms with Crippen molar-refractivity contribution in [3.05, 3.63) is 33.2 Å². The van der Waals surface area contributed by atoms with Gasteiger partial charge in [0.2, 0.25) is 0 Å². The van der Waals surface area contributed by atoms with E-state index < -0.39 is 0 Å². The molecule has 1 rings (SSSR count). The molecule has 0 aliphatic rings. The third kappa shape index (κ3) is 3.60. The fourth-order valence-corrected chi connectivity index (χ4v) is 1.57. The van der Waals surface area contributed by atoms with E-state index in [9.17, 15) is 0 Å². The molecule has 0 saturated carbocycles.